The van der Waals surface area contributed by atoms with Gasteiger partial charge in [0.15, 0.2) is 10.9 Å². The molecule has 4 aromatic rings. The van der Waals surface area contributed by atoms with Gasteiger partial charge in [0.1, 0.15) is 5.76 Å². The average Bonchev–Trinajstić information content (AvgIpc) is 3.25. The van der Waals surface area contributed by atoms with E-state index in [0.29, 0.717) is 26.0 Å². The number of furan rings is 1. The fourth-order valence-corrected chi connectivity index (χ4v) is 3.92. The molecule has 4 nitrogen and oxygen atoms in total. The minimum absolute atomic E-state index is 0.171. The lowest BCUT2D eigenvalue weighted by Gasteiger charge is -2.00. The first-order valence-electron chi connectivity index (χ1n) is 7.84. The first-order chi connectivity index (χ1) is 12.9. The molecule has 2 heterocycles. The predicted octanol–water partition coefficient (Wildman–Crippen LogP) is 7.08. The number of amides is 1. The van der Waals surface area contributed by atoms with Crippen LogP contribution in [-0.4, -0.2) is 10.9 Å². The molecular weight excluding hydrogens is 427 g/mol. The molecule has 0 saturated heterocycles. The zero-order chi connectivity index (χ0) is 19.1. The van der Waals surface area contributed by atoms with Crippen LogP contribution in [0.15, 0.2) is 46.9 Å². The molecule has 0 aliphatic rings. The molecule has 0 aliphatic heterocycles. The predicted molar refractivity (Wildman–Crippen MR) is 111 cm³/mol. The molecular formula is C19H11Cl3N2O2S. The van der Waals surface area contributed by atoms with E-state index in [2.05, 4.69) is 10.3 Å². The van der Waals surface area contributed by atoms with Crippen molar-refractivity contribution in [1.82, 2.24) is 4.98 Å². The van der Waals surface area contributed by atoms with Gasteiger partial charge in [-0.1, -0.05) is 46.1 Å². The van der Waals surface area contributed by atoms with Gasteiger partial charge in [0.05, 0.1) is 20.3 Å². The molecule has 2 aromatic heterocycles. The number of aromatic nitrogens is 1. The normalized spacial score (nSPS) is 11.1. The summed E-state index contributed by atoms with van der Waals surface area (Å²) in [6.07, 6.45) is 0. The van der Waals surface area contributed by atoms with Crippen molar-refractivity contribution in [3.8, 4) is 11.3 Å². The first kappa shape index (κ1) is 18.3. The van der Waals surface area contributed by atoms with Gasteiger partial charge in [-0.05, 0) is 55.0 Å². The quantitative estimate of drug-likeness (QED) is 0.372. The van der Waals surface area contributed by atoms with E-state index in [1.165, 1.54) is 11.3 Å². The van der Waals surface area contributed by atoms with E-state index in [-0.39, 0.29) is 11.7 Å². The summed E-state index contributed by atoms with van der Waals surface area (Å²) in [5.74, 6) is 0.304. The van der Waals surface area contributed by atoms with E-state index < -0.39 is 0 Å². The number of hydrogen-bond acceptors (Lipinski definition) is 4. The zero-order valence-electron chi connectivity index (χ0n) is 13.8. The highest BCUT2D eigenvalue weighted by Gasteiger charge is 2.15. The van der Waals surface area contributed by atoms with Crippen LogP contribution in [0.1, 0.15) is 16.1 Å². The second-order valence-corrected chi connectivity index (χ2v) is 8.09. The van der Waals surface area contributed by atoms with E-state index in [9.17, 15) is 4.79 Å². The van der Waals surface area contributed by atoms with Gasteiger partial charge < -0.3 is 4.42 Å². The molecule has 1 amide bonds. The van der Waals surface area contributed by atoms with Gasteiger partial charge in [-0.25, -0.2) is 4.98 Å². The molecule has 0 fully saturated rings. The monoisotopic (exact) mass is 436 g/mol. The first-order valence-corrected chi connectivity index (χ1v) is 9.79. The second kappa shape index (κ2) is 7.17. The Balaban J connectivity index is 1.57. The van der Waals surface area contributed by atoms with Crippen LogP contribution < -0.4 is 5.32 Å². The van der Waals surface area contributed by atoms with Crippen LogP contribution in [0.4, 0.5) is 5.13 Å². The molecule has 1 N–H and O–H groups in total. The highest BCUT2D eigenvalue weighted by Crippen LogP contribution is 2.32. The number of rotatable bonds is 3. The van der Waals surface area contributed by atoms with Crippen molar-refractivity contribution in [3.05, 3.63) is 68.9 Å². The fraction of sp³-hybridized carbons (Fsp3) is 0.0526. The second-order valence-electron chi connectivity index (χ2n) is 5.84. The third kappa shape index (κ3) is 3.69. The number of fused-ring (bicyclic) bond motifs is 1. The Labute approximate surface area is 173 Å². The number of anilines is 1. The van der Waals surface area contributed by atoms with Crippen LogP contribution in [0.5, 0.6) is 0 Å². The maximum atomic E-state index is 12.5. The largest absolute Gasteiger partial charge is 0.451 e. The smallest absolute Gasteiger partial charge is 0.293 e. The Morgan fingerprint density at radius 2 is 1.85 bits per heavy atom. The van der Waals surface area contributed by atoms with E-state index >= 15 is 0 Å². The summed E-state index contributed by atoms with van der Waals surface area (Å²) >= 11 is 19.5. The molecule has 0 aliphatic carbocycles. The molecule has 4 rings (SSSR count). The highest BCUT2D eigenvalue weighted by molar-refractivity contribution is 7.22. The number of halogens is 3. The van der Waals surface area contributed by atoms with Gasteiger partial charge in [0.2, 0.25) is 0 Å². The Morgan fingerprint density at radius 3 is 2.63 bits per heavy atom. The van der Waals surface area contributed by atoms with Gasteiger partial charge >= 0.3 is 0 Å². The zero-order valence-corrected chi connectivity index (χ0v) is 16.9. The Kier molecular flexibility index (Phi) is 4.86. The van der Waals surface area contributed by atoms with E-state index in [0.717, 1.165) is 21.3 Å². The van der Waals surface area contributed by atoms with Gasteiger partial charge in [-0.2, -0.15) is 0 Å². The van der Waals surface area contributed by atoms with Gasteiger partial charge in [0, 0.05) is 10.6 Å². The molecule has 2 aromatic carbocycles. The standard InChI is InChI=1S/C19H11Cl3N2O2S/c1-9-6-17-14(8-12(9)21)23-19(27-17)24-18(25)16-5-4-15(26-16)10-2-3-11(20)13(22)7-10/h2-8H,1H3,(H,23,24,25). The molecule has 0 unspecified atom stereocenters. The summed E-state index contributed by atoms with van der Waals surface area (Å²) in [6, 6.07) is 12.2. The van der Waals surface area contributed by atoms with E-state index in [4.69, 9.17) is 39.2 Å². The van der Waals surface area contributed by atoms with Gasteiger partial charge in [-0.15, -0.1) is 0 Å². The lowest BCUT2D eigenvalue weighted by atomic mass is 10.2. The molecule has 8 heteroatoms. The molecule has 27 heavy (non-hydrogen) atoms. The van der Waals surface area contributed by atoms with Crippen molar-refractivity contribution >= 4 is 67.4 Å². The maximum absolute atomic E-state index is 12.5. The topological polar surface area (TPSA) is 55.1 Å². The van der Waals surface area contributed by atoms with Crippen molar-refractivity contribution in [2.75, 3.05) is 5.32 Å². The third-order valence-electron chi connectivity index (χ3n) is 3.92. The van der Waals surface area contributed by atoms with Crippen molar-refractivity contribution in [2.45, 2.75) is 6.92 Å². The number of carbonyl (C=O) groups excluding carboxylic acids is 1. The van der Waals surface area contributed by atoms with Crippen LogP contribution in [-0.2, 0) is 0 Å². The molecule has 0 radical (unpaired) electrons. The van der Waals surface area contributed by atoms with Crippen molar-refractivity contribution in [3.63, 3.8) is 0 Å². The number of nitrogens with zero attached hydrogens (tertiary/aromatic N) is 1. The number of carbonyl (C=O) groups is 1. The molecule has 0 atom stereocenters. The van der Waals surface area contributed by atoms with Gasteiger partial charge in [0.25, 0.3) is 5.91 Å². The number of benzene rings is 2. The van der Waals surface area contributed by atoms with Crippen LogP contribution in [0.3, 0.4) is 0 Å². The minimum Gasteiger partial charge on any atom is -0.451 e. The Bertz CT molecular complexity index is 1140. The van der Waals surface area contributed by atoms with Crippen LogP contribution >= 0.6 is 46.1 Å². The molecule has 0 saturated carbocycles. The summed E-state index contributed by atoms with van der Waals surface area (Å²) < 4.78 is 6.60. The summed E-state index contributed by atoms with van der Waals surface area (Å²) in [5, 5.41) is 4.75. The summed E-state index contributed by atoms with van der Waals surface area (Å²) in [5.41, 5.74) is 2.43. The lowest BCUT2D eigenvalue weighted by Crippen LogP contribution is -2.10. The van der Waals surface area contributed by atoms with Crippen molar-refractivity contribution in [2.24, 2.45) is 0 Å². The number of thiazole rings is 1. The van der Waals surface area contributed by atoms with E-state index in [1.54, 1.807) is 36.4 Å². The molecule has 0 bridgehead atoms. The number of aryl methyl sites for hydroxylation is 1. The van der Waals surface area contributed by atoms with Crippen molar-refractivity contribution in [1.29, 1.82) is 0 Å². The average molecular weight is 438 g/mol. The maximum Gasteiger partial charge on any atom is 0.293 e. The Hall–Kier alpha value is -2.05. The minimum atomic E-state index is -0.386. The van der Waals surface area contributed by atoms with Crippen LogP contribution in [0.2, 0.25) is 15.1 Å². The van der Waals surface area contributed by atoms with Gasteiger partial charge in [-0.3, -0.25) is 10.1 Å². The van der Waals surface area contributed by atoms with Crippen LogP contribution in [0.25, 0.3) is 21.5 Å². The van der Waals surface area contributed by atoms with Crippen molar-refractivity contribution < 1.29 is 9.21 Å². The van der Waals surface area contributed by atoms with E-state index in [1.807, 2.05) is 13.0 Å². The molecule has 0 spiro atoms. The third-order valence-corrected chi connectivity index (χ3v) is 6.00. The Morgan fingerprint density at radius 1 is 1.04 bits per heavy atom. The fourth-order valence-electron chi connectivity index (χ4n) is 2.53. The number of nitrogens with one attached hydrogen (secondary N) is 1. The summed E-state index contributed by atoms with van der Waals surface area (Å²) in [6.45, 7) is 1.92. The van der Waals surface area contributed by atoms with Crippen LogP contribution in [0, 0.1) is 6.92 Å². The summed E-state index contributed by atoms with van der Waals surface area (Å²) in [4.78, 5) is 16.9. The molecule has 136 valence electrons. The summed E-state index contributed by atoms with van der Waals surface area (Å²) in [7, 11) is 0. The highest BCUT2D eigenvalue weighted by atomic mass is 35.5. The number of hydrogen-bond donors (Lipinski definition) is 1. The lowest BCUT2D eigenvalue weighted by molar-refractivity contribution is 0.0997. The SMILES string of the molecule is Cc1cc2sc(NC(=O)c3ccc(-c4ccc(Cl)c(Cl)c4)o3)nc2cc1Cl.